The summed E-state index contributed by atoms with van der Waals surface area (Å²) in [4.78, 5) is 12.6. The lowest BCUT2D eigenvalue weighted by molar-refractivity contribution is 0.102. The molecule has 0 spiro atoms. The number of ether oxygens (including phenoxy) is 2. The first-order valence-electron chi connectivity index (χ1n) is 7.22. The molecule has 5 nitrogen and oxygen atoms in total. The maximum absolute atomic E-state index is 12.6. The maximum Gasteiger partial charge on any atom is 0.259 e. The van der Waals surface area contributed by atoms with E-state index in [9.17, 15) is 4.79 Å². The van der Waals surface area contributed by atoms with Gasteiger partial charge in [-0.25, -0.2) is 0 Å². The molecule has 118 valence electrons. The highest BCUT2D eigenvalue weighted by Gasteiger charge is 2.19. The van der Waals surface area contributed by atoms with Crippen LogP contribution in [-0.2, 0) is 0 Å². The molecule has 0 unspecified atom stereocenters. The predicted molar refractivity (Wildman–Crippen MR) is 88.0 cm³/mol. The number of nitrogens with zero attached hydrogens (tertiary/aromatic N) is 1. The van der Waals surface area contributed by atoms with Gasteiger partial charge in [0.1, 0.15) is 0 Å². The molecule has 0 aliphatic rings. The Balaban J connectivity index is 2.41. The summed E-state index contributed by atoms with van der Waals surface area (Å²) in [6, 6.07) is 12.5. The van der Waals surface area contributed by atoms with Crippen LogP contribution >= 0.6 is 0 Å². The van der Waals surface area contributed by atoms with E-state index in [0.717, 1.165) is 5.56 Å². The predicted octanol–water partition coefficient (Wildman–Crippen LogP) is 3.53. The van der Waals surface area contributed by atoms with Crippen molar-refractivity contribution in [2.24, 2.45) is 0 Å². The average molecular weight is 310 g/mol. The van der Waals surface area contributed by atoms with E-state index < -0.39 is 0 Å². The number of methoxy groups -OCH3 is 1. The Kier molecular flexibility index (Phi) is 5.21. The number of benzene rings is 2. The fourth-order valence-corrected chi connectivity index (χ4v) is 2.12. The molecule has 0 aliphatic heterocycles. The van der Waals surface area contributed by atoms with Gasteiger partial charge >= 0.3 is 0 Å². The van der Waals surface area contributed by atoms with E-state index >= 15 is 0 Å². The van der Waals surface area contributed by atoms with Crippen LogP contribution in [0.15, 0.2) is 36.4 Å². The van der Waals surface area contributed by atoms with Gasteiger partial charge in [-0.3, -0.25) is 4.79 Å². The summed E-state index contributed by atoms with van der Waals surface area (Å²) in [6.07, 6.45) is 0. The summed E-state index contributed by atoms with van der Waals surface area (Å²) < 4.78 is 10.8. The third-order valence-electron chi connectivity index (χ3n) is 3.25. The van der Waals surface area contributed by atoms with Crippen LogP contribution in [0.1, 0.15) is 28.4 Å². The Hall–Kier alpha value is -3.00. The van der Waals surface area contributed by atoms with Gasteiger partial charge in [-0.05, 0) is 32.0 Å². The lowest BCUT2D eigenvalue weighted by Crippen LogP contribution is -2.14. The zero-order chi connectivity index (χ0) is 16.8. The van der Waals surface area contributed by atoms with Crippen LogP contribution in [0.2, 0.25) is 0 Å². The minimum atomic E-state index is -0.354. The van der Waals surface area contributed by atoms with E-state index in [1.807, 2.05) is 44.2 Å². The number of aryl methyl sites for hydroxylation is 1. The molecule has 2 aromatic rings. The summed E-state index contributed by atoms with van der Waals surface area (Å²) in [6.45, 7) is 4.17. The summed E-state index contributed by atoms with van der Waals surface area (Å²) in [7, 11) is 1.47. The van der Waals surface area contributed by atoms with Crippen molar-refractivity contribution in [3.63, 3.8) is 0 Å². The maximum atomic E-state index is 12.6. The Labute approximate surface area is 135 Å². The van der Waals surface area contributed by atoms with Crippen LogP contribution in [0.4, 0.5) is 5.69 Å². The molecule has 1 amide bonds. The van der Waals surface area contributed by atoms with Crippen molar-refractivity contribution >= 4 is 11.6 Å². The van der Waals surface area contributed by atoms with Crippen molar-refractivity contribution in [1.82, 2.24) is 0 Å². The van der Waals surface area contributed by atoms with Crippen LogP contribution < -0.4 is 14.8 Å². The molecule has 0 aromatic heterocycles. The molecule has 2 rings (SSSR count). The zero-order valence-electron chi connectivity index (χ0n) is 13.3. The molecule has 0 fully saturated rings. The third kappa shape index (κ3) is 3.80. The average Bonchev–Trinajstić information content (AvgIpc) is 2.57. The van der Waals surface area contributed by atoms with Gasteiger partial charge in [-0.15, -0.1) is 0 Å². The molecule has 0 aliphatic carbocycles. The fraction of sp³-hybridized carbons (Fsp3) is 0.222. The largest absolute Gasteiger partial charge is 0.493 e. The first kappa shape index (κ1) is 16.4. The molecule has 2 aromatic carbocycles. The van der Waals surface area contributed by atoms with Crippen LogP contribution in [-0.4, -0.2) is 19.6 Å². The van der Waals surface area contributed by atoms with Crippen LogP contribution in [0.3, 0.4) is 0 Å². The fourth-order valence-electron chi connectivity index (χ4n) is 2.12. The highest BCUT2D eigenvalue weighted by molar-refractivity contribution is 6.07. The summed E-state index contributed by atoms with van der Waals surface area (Å²) in [5.41, 5.74) is 2.37. The molecule has 0 saturated carbocycles. The van der Waals surface area contributed by atoms with Gasteiger partial charge in [0.15, 0.2) is 11.5 Å². The quantitative estimate of drug-likeness (QED) is 0.917. The van der Waals surface area contributed by atoms with Crippen molar-refractivity contribution in [2.45, 2.75) is 13.8 Å². The van der Waals surface area contributed by atoms with E-state index in [4.69, 9.17) is 14.7 Å². The number of nitriles is 1. The lowest BCUT2D eigenvalue weighted by atomic mass is 10.1. The number of carbonyl (C=O) groups is 1. The summed E-state index contributed by atoms with van der Waals surface area (Å²) in [5, 5.41) is 11.9. The van der Waals surface area contributed by atoms with Crippen molar-refractivity contribution in [1.29, 1.82) is 5.26 Å². The molecule has 1 N–H and O–H groups in total. The first-order valence-corrected chi connectivity index (χ1v) is 7.22. The standard InChI is InChI=1S/C18H18N2O3/c1-4-23-17-15(9-13(11-19)10-16(17)22-3)18(21)20-14-7-5-12(2)6-8-14/h5-10H,4H2,1-3H3,(H,20,21). The number of carbonyl (C=O) groups excluding carboxylic acids is 1. The minimum absolute atomic E-state index is 0.267. The van der Waals surface area contributed by atoms with Crippen LogP contribution in [0, 0.1) is 18.3 Å². The highest BCUT2D eigenvalue weighted by atomic mass is 16.5. The number of hydrogen-bond donors (Lipinski definition) is 1. The second-order valence-electron chi connectivity index (χ2n) is 4.92. The van der Waals surface area contributed by atoms with Crippen LogP contribution in [0.5, 0.6) is 11.5 Å². The number of nitrogens with one attached hydrogen (secondary N) is 1. The highest BCUT2D eigenvalue weighted by Crippen LogP contribution is 2.33. The smallest absolute Gasteiger partial charge is 0.259 e. The molecule has 0 radical (unpaired) electrons. The van der Waals surface area contributed by atoms with Crippen molar-refractivity contribution < 1.29 is 14.3 Å². The molecule has 0 atom stereocenters. The molecule has 5 heteroatoms. The third-order valence-corrected chi connectivity index (χ3v) is 3.25. The first-order chi connectivity index (χ1) is 11.1. The second-order valence-corrected chi connectivity index (χ2v) is 4.92. The molecular formula is C18H18N2O3. The van der Waals surface area contributed by atoms with E-state index in [1.165, 1.54) is 13.2 Å². The van der Waals surface area contributed by atoms with Gasteiger partial charge in [-0.2, -0.15) is 5.26 Å². The molecular weight excluding hydrogens is 292 g/mol. The monoisotopic (exact) mass is 310 g/mol. The SMILES string of the molecule is CCOc1c(OC)cc(C#N)cc1C(=O)Nc1ccc(C)cc1. The van der Waals surface area contributed by atoms with Crippen LogP contribution in [0.25, 0.3) is 0 Å². The second kappa shape index (κ2) is 7.32. The minimum Gasteiger partial charge on any atom is -0.493 e. The topological polar surface area (TPSA) is 71.3 Å². The zero-order valence-corrected chi connectivity index (χ0v) is 13.3. The molecule has 0 heterocycles. The van der Waals surface area contributed by atoms with Gasteiger partial charge in [-0.1, -0.05) is 17.7 Å². The number of amides is 1. The lowest BCUT2D eigenvalue weighted by Gasteiger charge is -2.14. The van der Waals surface area contributed by atoms with Gasteiger partial charge in [0, 0.05) is 11.8 Å². The Morgan fingerprint density at radius 3 is 2.52 bits per heavy atom. The van der Waals surface area contributed by atoms with Gasteiger partial charge in [0.05, 0.1) is 30.9 Å². The van der Waals surface area contributed by atoms with E-state index in [2.05, 4.69) is 5.32 Å². The number of hydrogen-bond acceptors (Lipinski definition) is 4. The molecule has 0 bridgehead atoms. The van der Waals surface area contributed by atoms with Gasteiger partial charge in [0.2, 0.25) is 0 Å². The van der Waals surface area contributed by atoms with Crippen molar-refractivity contribution in [2.75, 3.05) is 19.0 Å². The van der Waals surface area contributed by atoms with Crippen molar-refractivity contribution in [3.8, 4) is 17.6 Å². The molecule has 0 saturated heterocycles. The Morgan fingerprint density at radius 2 is 1.96 bits per heavy atom. The Bertz CT molecular complexity index is 746. The number of anilines is 1. The molecule has 23 heavy (non-hydrogen) atoms. The summed E-state index contributed by atoms with van der Waals surface area (Å²) in [5.74, 6) is 0.339. The van der Waals surface area contributed by atoms with E-state index in [0.29, 0.717) is 29.4 Å². The van der Waals surface area contributed by atoms with E-state index in [-0.39, 0.29) is 11.5 Å². The van der Waals surface area contributed by atoms with E-state index in [1.54, 1.807) is 6.07 Å². The Morgan fingerprint density at radius 1 is 1.26 bits per heavy atom. The van der Waals surface area contributed by atoms with Gasteiger partial charge in [0.25, 0.3) is 5.91 Å². The normalized spacial score (nSPS) is 9.83. The summed E-state index contributed by atoms with van der Waals surface area (Å²) >= 11 is 0. The van der Waals surface area contributed by atoms with Crippen molar-refractivity contribution in [3.05, 3.63) is 53.1 Å². The van der Waals surface area contributed by atoms with Gasteiger partial charge < -0.3 is 14.8 Å². The number of rotatable bonds is 5.